The Balaban J connectivity index is 2.11. The van der Waals surface area contributed by atoms with Crippen LogP contribution < -0.4 is 4.72 Å². The van der Waals surface area contributed by atoms with Gasteiger partial charge in [0.25, 0.3) is 10.0 Å². The second-order valence-corrected chi connectivity index (χ2v) is 8.76. The van der Waals surface area contributed by atoms with Gasteiger partial charge in [0.2, 0.25) is 0 Å². The number of halogens is 1. The van der Waals surface area contributed by atoms with Gasteiger partial charge in [0.1, 0.15) is 0 Å². The summed E-state index contributed by atoms with van der Waals surface area (Å²) in [6.45, 7) is 3.90. The van der Waals surface area contributed by atoms with E-state index in [1.807, 2.05) is 0 Å². The lowest BCUT2D eigenvalue weighted by atomic mass is 10.0. The van der Waals surface area contributed by atoms with Gasteiger partial charge >= 0.3 is 0 Å². The lowest BCUT2D eigenvalue weighted by Crippen LogP contribution is -2.34. The summed E-state index contributed by atoms with van der Waals surface area (Å²) in [5, 5.41) is 0. The van der Waals surface area contributed by atoms with E-state index in [0.29, 0.717) is 11.6 Å². The van der Waals surface area contributed by atoms with E-state index in [1.54, 1.807) is 6.92 Å². The molecule has 19 heavy (non-hydrogen) atoms. The number of hydrogen-bond donors (Lipinski definition) is 1. The third-order valence-electron chi connectivity index (χ3n) is 3.55. The first kappa shape index (κ1) is 15.2. The number of aryl methyl sites for hydroxylation is 1. The lowest BCUT2D eigenvalue weighted by Gasteiger charge is -2.15. The van der Waals surface area contributed by atoms with E-state index in [2.05, 4.69) is 16.6 Å². The van der Waals surface area contributed by atoms with Crippen molar-refractivity contribution in [3.05, 3.63) is 10.2 Å². The number of hydrogen-bond acceptors (Lipinski definition) is 4. The summed E-state index contributed by atoms with van der Waals surface area (Å²) in [6, 6.07) is 0.0372. The van der Waals surface area contributed by atoms with E-state index >= 15 is 0 Å². The third-order valence-corrected chi connectivity index (χ3v) is 6.94. The maximum atomic E-state index is 12.3. The van der Waals surface area contributed by atoms with Crippen LogP contribution in [0.4, 0.5) is 0 Å². The highest BCUT2D eigenvalue weighted by molar-refractivity contribution is 7.91. The molecular weight excluding hydrogens is 304 g/mol. The van der Waals surface area contributed by atoms with Crippen molar-refractivity contribution in [1.82, 2.24) is 9.71 Å². The van der Waals surface area contributed by atoms with Gasteiger partial charge in [0.15, 0.2) is 8.68 Å². The standard InChI is InChI=1S/C12H19ClN2O2S2/c1-8-4-3-5-10(7-6-8)15-19(16,17)11-9(2)14-12(13)18-11/h8,10,15H,3-7H2,1-2H3. The zero-order valence-corrected chi connectivity index (χ0v) is 13.5. The molecule has 1 heterocycles. The Bertz CT molecular complexity index is 542. The molecule has 7 heteroatoms. The molecule has 1 aliphatic carbocycles. The predicted octanol–water partition coefficient (Wildman–Crippen LogP) is 3.35. The Kier molecular flexibility index (Phi) is 4.87. The van der Waals surface area contributed by atoms with Crippen molar-refractivity contribution in [2.24, 2.45) is 5.92 Å². The average Bonchev–Trinajstić information content (AvgIpc) is 2.52. The summed E-state index contributed by atoms with van der Waals surface area (Å²) in [7, 11) is -3.48. The summed E-state index contributed by atoms with van der Waals surface area (Å²) in [5.74, 6) is 0.689. The third kappa shape index (κ3) is 3.90. The lowest BCUT2D eigenvalue weighted by molar-refractivity contribution is 0.485. The van der Waals surface area contributed by atoms with Crippen molar-refractivity contribution in [2.75, 3.05) is 0 Å². The van der Waals surface area contributed by atoms with E-state index in [4.69, 9.17) is 11.6 Å². The van der Waals surface area contributed by atoms with Gasteiger partial charge in [-0.05, 0) is 32.1 Å². The van der Waals surface area contributed by atoms with Crippen LogP contribution in [0.3, 0.4) is 0 Å². The zero-order chi connectivity index (χ0) is 14.0. The van der Waals surface area contributed by atoms with Crippen molar-refractivity contribution < 1.29 is 8.42 Å². The van der Waals surface area contributed by atoms with E-state index in [1.165, 1.54) is 6.42 Å². The molecule has 0 radical (unpaired) electrons. The molecule has 0 saturated heterocycles. The Hall–Kier alpha value is -0.170. The number of rotatable bonds is 3. The van der Waals surface area contributed by atoms with Crippen LogP contribution in [-0.4, -0.2) is 19.4 Å². The summed E-state index contributed by atoms with van der Waals surface area (Å²) >= 11 is 6.79. The van der Waals surface area contributed by atoms with Crippen LogP contribution in [0.15, 0.2) is 4.21 Å². The van der Waals surface area contributed by atoms with Crippen LogP contribution in [0.5, 0.6) is 0 Å². The second-order valence-electron chi connectivity index (χ2n) is 5.27. The van der Waals surface area contributed by atoms with Crippen LogP contribution in [0.1, 0.15) is 44.7 Å². The van der Waals surface area contributed by atoms with E-state index in [0.717, 1.165) is 37.0 Å². The minimum atomic E-state index is -3.48. The first-order chi connectivity index (χ1) is 8.88. The molecule has 1 fully saturated rings. The van der Waals surface area contributed by atoms with Crippen molar-refractivity contribution in [3.63, 3.8) is 0 Å². The molecule has 0 spiro atoms. The molecule has 1 saturated carbocycles. The smallest absolute Gasteiger partial charge is 0.229 e. The molecule has 0 aromatic carbocycles. The van der Waals surface area contributed by atoms with Gasteiger partial charge in [-0.1, -0.05) is 42.7 Å². The summed E-state index contributed by atoms with van der Waals surface area (Å²) in [4.78, 5) is 3.97. The van der Waals surface area contributed by atoms with Crippen LogP contribution in [-0.2, 0) is 10.0 Å². The SMILES string of the molecule is Cc1nc(Cl)sc1S(=O)(=O)NC1CCCC(C)CC1. The number of nitrogens with zero attached hydrogens (tertiary/aromatic N) is 1. The average molecular weight is 323 g/mol. The van der Waals surface area contributed by atoms with Crippen molar-refractivity contribution in [1.29, 1.82) is 0 Å². The zero-order valence-electron chi connectivity index (χ0n) is 11.1. The molecule has 2 rings (SSSR count). The Labute approximate surface area is 123 Å². The minimum Gasteiger partial charge on any atom is -0.229 e. The first-order valence-electron chi connectivity index (χ1n) is 6.54. The van der Waals surface area contributed by atoms with Gasteiger partial charge in [-0.15, -0.1) is 0 Å². The Morgan fingerprint density at radius 2 is 2.05 bits per heavy atom. The van der Waals surface area contributed by atoms with Crippen molar-refractivity contribution in [3.8, 4) is 0 Å². The maximum Gasteiger partial charge on any atom is 0.252 e. The van der Waals surface area contributed by atoms with Crippen molar-refractivity contribution >= 4 is 33.0 Å². The van der Waals surface area contributed by atoms with Gasteiger partial charge in [-0.3, -0.25) is 0 Å². The fraction of sp³-hybridized carbons (Fsp3) is 0.750. The number of sulfonamides is 1. The van der Waals surface area contributed by atoms with Gasteiger partial charge < -0.3 is 0 Å². The van der Waals surface area contributed by atoms with E-state index in [-0.39, 0.29) is 14.7 Å². The largest absolute Gasteiger partial charge is 0.252 e. The highest BCUT2D eigenvalue weighted by atomic mass is 35.5. The monoisotopic (exact) mass is 322 g/mol. The van der Waals surface area contributed by atoms with E-state index < -0.39 is 10.0 Å². The number of aromatic nitrogens is 1. The normalized spacial score (nSPS) is 25.2. The fourth-order valence-corrected chi connectivity index (χ4v) is 5.54. The summed E-state index contributed by atoms with van der Waals surface area (Å²) in [6.07, 6.45) is 5.16. The van der Waals surface area contributed by atoms with E-state index in [9.17, 15) is 8.42 Å². The molecule has 0 bridgehead atoms. The first-order valence-corrected chi connectivity index (χ1v) is 9.21. The molecule has 4 nitrogen and oxygen atoms in total. The molecule has 1 aromatic heterocycles. The highest BCUT2D eigenvalue weighted by Crippen LogP contribution is 2.28. The Morgan fingerprint density at radius 3 is 2.68 bits per heavy atom. The van der Waals surface area contributed by atoms with Crippen LogP contribution >= 0.6 is 22.9 Å². The second kappa shape index (κ2) is 6.08. The van der Waals surface area contributed by atoms with Gasteiger partial charge in [-0.2, -0.15) is 0 Å². The van der Waals surface area contributed by atoms with Gasteiger partial charge in [-0.25, -0.2) is 18.1 Å². The molecule has 0 aliphatic heterocycles. The Morgan fingerprint density at radius 1 is 1.32 bits per heavy atom. The molecular formula is C12H19ClN2O2S2. The molecule has 1 aliphatic rings. The summed E-state index contributed by atoms with van der Waals surface area (Å²) in [5.41, 5.74) is 0.476. The molecule has 0 amide bonds. The molecule has 2 atom stereocenters. The van der Waals surface area contributed by atoms with Crippen LogP contribution in [0.2, 0.25) is 4.47 Å². The maximum absolute atomic E-state index is 12.3. The highest BCUT2D eigenvalue weighted by Gasteiger charge is 2.26. The summed E-state index contributed by atoms with van der Waals surface area (Å²) < 4.78 is 28.0. The van der Waals surface area contributed by atoms with Crippen molar-refractivity contribution in [2.45, 2.75) is 56.2 Å². The molecule has 2 unspecified atom stereocenters. The molecule has 108 valence electrons. The van der Waals surface area contributed by atoms with Crippen LogP contribution in [0, 0.1) is 12.8 Å². The van der Waals surface area contributed by atoms with Crippen LogP contribution in [0.25, 0.3) is 0 Å². The number of nitrogens with one attached hydrogen (secondary N) is 1. The predicted molar refractivity (Wildman–Crippen MR) is 78.2 cm³/mol. The molecule has 1 aromatic rings. The quantitative estimate of drug-likeness (QED) is 0.868. The number of thiazole rings is 1. The van der Waals surface area contributed by atoms with Gasteiger partial charge in [0, 0.05) is 6.04 Å². The molecule has 1 N–H and O–H groups in total. The van der Waals surface area contributed by atoms with Gasteiger partial charge in [0.05, 0.1) is 5.69 Å². The minimum absolute atomic E-state index is 0.0372. The fourth-order valence-electron chi connectivity index (χ4n) is 2.48. The topological polar surface area (TPSA) is 59.1 Å².